The molecule has 106 valence electrons. The number of ether oxygens (including phenoxy) is 3. The van der Waals surface area contributed by atoms with E-state index in [4.69, 9.17) is 19.9 Å². The van der Waals surface area contributed by atoms with Gasteiger partial charge < -0.3 is 19.9 Å². The fourth-order valence-electron chi connectivity index (χ4n) is 2.44. The maximum Gasteiger partial charge on any atom is 0.128 e. The monoisotopic (exact) mass is 265 g/mol. The van der Waals surface area contributed by atoms with Gasteiger partial charge in [-0.3, -0.25) is 0 Å². The van der Waals surface area contributed by atoms with E-state index in [0.29, 0.717) is 0 Å². The van der Waals surface area contributed by atoms with Crippen LogP contribution < -0.4 is 15.2 Å². The van der Waals surface area contributed by atoms with E-state index in [2.05, 4.69) is 13.8 Å². The normalized spacial score (nSPS) is 22.6. The fraction of sp³-hybridized carbons (Fsp3) is 0.600. The first-order valence-electron chi connectivity index (χ1n) is 6.60. The summed E-state index contributed by atoms with van der Waals surface area (Å²) in [5.74, 6) is 1.62. The summed E-state index contributed by atoms with van der Waals surface area (Å²) in [7, 11) is 3.37. The lowest BCUT2D eigenvalue weighted by molar-refractivity contribution is -0.0194. The van der Waals surface area contributed by atoms with Crippen molar-refractivity contribution in [3.8, 4) is 11.5 Å². The van der Waals surface area contributed by atoms with Crippen molar-refractivity contribution in [2.24, 2.45) is 5.73 Å². The molecule has 2 N–H and O–H groups in total. The molecule has 0 aliphatic carbocycles. The molecular formula is C15H23NO3. The molecule has 0 spiro atoms. The zero-order valence-corrected chi connectivity index (χ0v) is 12.1. The summed E-state index contributed by atoms with van der Waals surface area (Å²) >= 11 is 0. The zero-order chi connectivity index (χ0) is 14.0. The van der Waals surface area contributed by atoms with Gasteiger partial charge in [0, 0.05) is 37.6 Å². The Morgan fingerprint density at radius 1 is 1.37 bits per heavy atom. The van der Waals surface area contributed by atoms with Gasteiger partial charge in [0.15, 0.2) is 0 Å². The highest BCUT2D eigenvalue weighted by molar-refractivity contribution is 5.43. The topological polar surface area (TPSA) is 53.7 Å². The molecule has 1 aliphatic heterocycles. The predicted octanol–water partition coefficient (Wildman–Crippen LogP) is 2.66. The van der Waals surface area contributed by atoms with Crippen molar-refractivity contribution in [1.29, 1.82) is 0 Å². The quantitative estimate of drug-likeness (QED) is 0.909. The summed E-state index contributed by atoms with van der Waals surface area (Å²) in [5, 5.41) is 0. The molecule has 4 heteroatoms. The van der Waals surface area contributed by atoms with Gasteiger partial charge in [-0.15, -0.1) is 0 Å². The van der Waals surface area contributed by atoms with E-state index in [-0.39, 0.29) is 17.7 Å². The van der Waals surface area contributed by atoms with Crippen LogP contribution in [0.4, 0.5) is 0 Å². The third kappa shape index (κ3) is 3.19. The molecule has 19 heavy (non-hydrogen) atoms. The molecule has 4 nitrogen and oxygen atoms in total. The predicted molar refractivity (Wildman–Crippen MR) is 74.7 cm³/mol. The van der Waals surface area contributed by atoms with E-state index in [1.54, 1.807) is 14.2 Å². The molecule has 1 heterocycles. The van der Waals surface area contributed by atoms with Gasteiger partial charge in [0.05, 0.1) is 12.7 Å². The second-order valence-corrected chi connectivity index (χ2v) is 5.65. The minimum absolute atomic E-state index is 0.00677. The number of methoxy groups -OCH3 is 2. The lowest BCUT2D eigenvalue weighted by atomic mass is 9.91. The van der Waals surface area contributed by atoms with Gasteiger partial charge in [-0.05, 0) is 19.9 Å². The second kappa shape index (κ2) is 5.39. The lowest BCUT2D eigenvalue weighted by Crippen LogP contribution is -2.36. The molecular weight excluding hydrogens is 242 g/mol. The average Bonchev–Trinajstić information content (AvgIpc) is 2.37. The number of nitrogens with two attached hydrogens (primary N) is 1. The van der Waals surface area contributed by atoms with E-state index in [1.807, 2.05) is 18.2 Å². The minimum Gasteiger partial charge on any atom is -0.497 e. The molecule has 1 aromatic carbocycles. The van der Waals surface area contributed by atoms with E-state index in [1.165, 1.54) is 0 Å². The van der Waals surface area contributed by atoms with Crippen molar-refractivity contribution in [1.82, 2.24) is 0 Å². The molecule has 1 aliphatic rings. The van der Waals surface area contributed by atoms with Crippen LogP contribution in [0.25, 0.3) is 0 Å². The van der Waals surface area contributed by atoms with Gasteiger partial charge in [0.1, 0.15) is 17.6 Å². The van der Waals surface area contributed by atoms with Crippen molar-refractivity contribution in [3.05, 3.63) is 23.8 Å². The third-order valence-electron chi connectivity index (χ3n) is 3.70. The molecule has 2 unspecified atom stereocenters. The highest BCUT2D eigenvalue weighted by atomic mass is 16.5. The lowest BCUT2D eigenvalue weighted by Gasteiger charge is -2.34. The van der Waals surface area contributed by atoms with Crippen molar-refractivity contribution >= 4 is 0 Å². The SMILES string of the molecule is COc1ccc2c(c1)OC(CC(C)(C)OC)CC2N. The largest absolute Gasteiger partial charge is 0.497 e. The molecule has 0 bridgehead atoms. The van der Waals surface area contributed by atoms with Crippen LogP contribution >= 0.6 is 0 Å². The van der Waals surface area contributed by atoms with Gasteiger partial charge in [0.25, 0.3) is 0 Å². The number of benzene rings is 1. The summed E-state index contributed by atoms with van der Waals surface area (Å²) in [4.78, 5) is 0. The van der Waals surface area contributed by atoms with Gasteiger partial charge in [-0.2, -0.15) is 0 Å². The van der Waals surface area contributed by atoms with E-state index in [9.17, 15) is 0 Å². The van der Waals surface area contributed by atoms with Crippen molar-refractivity contribution in [2.45, 2.75) is 44.4 Å². The first-order valence-corrected chi connectivity index (χ1v) is 6.60. The Balaban J connectivity index is 2.18. The van der Waals surface area contributed by atoms with Crippen molar-refractivity contribution in [2.75, 3.05) is 14.2 Å². The van der Waals surface area contributed by atoms with Crippen LogP contribution in [0, 0.1) is 0 Å². The second-order valence-electron chi connectivity index (χ2n) is 5.65. The first-order chi connectivity index (χ1) is 8.95. The maximum absolute atomic E-state index is 6.23. The summed E-state index contributed by atoms with van der Waals surface area (Å²) < 4.78 is 16.7. The molecule has 0 radical (unpaired) electrons. The van der Waals surface area contributed by atoms with Crippen molar-refractivity contribution < 1.29 is 14.2 Å². The molecule has 0 fully saturated rings. The molecule has 0 amide bonds. The molecule has 2 rings (SSSR count). The van der Waals surface area contributed by atoms with E-state index < -0.39 is 0 Å². The summed E-state index contributed by atoms with van der Waals surface area (Å²) in [6, 6.07) is 5.81. The van der Waals surface area contributed by atoms with E-state index in [0.717, 1.165) is 29.9 Å². The van der Waals surface area contributed by atoms with Crippen molar-refractivity contribution in [3.63, 3.8) is 0 Å². The van der Waals surface area contributed by atoms with Crippen LogP contribution in [0.1, 0.15) is 38.3 Å². The third-order valence-corrected chi connectivity index (χ3v) is 3.70. The van der Waals surface area contributed by atoms with Crippen LogP contribution in [0.3, 0.4) is 0 Å². The highest BCUT2D eigenvalue weighted by Gasteiger charge is 2.31. The minimum atomic E-state index is -0.208. The summed E-state index contributed by atoms with van der Waals surface area (Å²) in [6.07, 6.45) is 1.70. The molecule has 0 saturated carbocycles. The van der Waals surface area contributed by atoms with Gasteiger partial charge in [-0.25, -0.2) is 0 Å². The van der Waals surface area contributed by atoms with Gasteiger partial charge in [-0.1, -0.05) is 6.07 Å². The van der Waals surface area contributed by atoms with Crippen LogP contribution in [0.2, 0.25) is 0 Å². The Hall–Kier alpha value is -1.26. The maximum atomic E-state index is 6.23. The van der Waals surface area contributed by atoms with Gasteiger partial charge >= 0.3 is 0 Å². The smallest absolute Gasteiger partial charge is 0.128 e. The standard InChI is InChI=1S/C15H23NO3/c1-15(2,18-4)9-11-7-13(16)12-6-5-10(17-3)8-14(12)19-11/h5-6,8,11,13H,7,9,16H2,1-4H3. The number of hydrogen-bond acceptors (Lipinski definition) is 4. The average molecular weight is 265 g/mol. The van der Waals surface area contributed by atoms with Crippen LogP contribution in [-0.2, 0) is 4.74 Å². The van der Waals surface area contributed by atoms with Crippen LogP contribution in [0.5, 0.6) is 11.5 Å². The number of fused-ring (bicyclic) bond motifs is 1. The fourth-order valence-corrected chi connectivity index (χ4v) is 2.44. The summed E-state index contributed by atoms with van der Waals surface area (Å²) in [5.41, 5.74) is 7.07. The molecule has 0 aromatic heterocycles. The Kier molecular flexibility index (Phi) is 4.02. The Labute approximate surface area is 114 Å². The van der Waals surface area contributed by atoms with Crippen LogP contribution in [0.15, 0.2) is 18.2 Å². The number of rotatable bonds is 4. The first kappa shape index (κ1) is 14.2. The Bertz CT molecular complexity index is 445. The molecule has 0 saturated heterocycles. The highest BCUT2D eigenvalue weighted by Crippen LogP contribution is 2.38. The van der Waals surface area contributed by atoms with Crippen LogP contribution in [-0.4, -0.2) is 25.9 Å². The van der Waals surface area contributed by atoms with Gasteiger partial charge in [0.2, 0.25) is 0 Å². The number of hydrogen-bond donors (Lipinski definition) is 1. The molecule has 1 aromatic rings. The summed E-state index contributed by atoms with van der Waals surface area (Å²) in [6.45, 7) is 4.12. The molecule has 2 atom stereocenters. The van der Waals surface area contributed by atoms with E-state index >= 15 is 0 Å². The zero-order valence-electron chi connectivity index (χ0n) is 12.1. The Morgan fingerprint density at radius 2 is 2.11 bits per heavy atom. The Morgan fingerprint density at radius 3 is 2.74 bits per heavy atom.